The molecule has 2 heterocycles. The minimum atomic E-state index is -1.98. The van der Waals surface area contributed by atoms with E-state index in [2.05, 4.69) is 183 Å². The minimum Gasteiger partial charge on any atom is -0.208 e. The number of hydrogen-bond acceptors (Lipinski definition) is 3. The van der Waals surface area contributed by atoms with Gasteiger partial charge in [0.05, 0.1) is 0 Å². The maximum absolute atomic E-state index is 5.17. The molecule has 0 bridgehead atoms. The SMILES string of the molecule is C[Si]1(C)c2cc(-c3nc(-c4ccc(-c5ccccc5)cc4)nc(-c4ccc(-c5ccc6ccccc6c5)cc4)n3)ccc2-c2c1ccc1ccccc21. The van der Waals surface area contributed by atoms with E-state index < -0.39 is 8.07 Å². The molecule has 0 amide bonds. The van der Waals surface area contributed by atoms with Crippen LogP contribution < -0.4 is 10.4 Å². The first-order valence-corrected chi connectivity index (χ1v) is 21.2. The smallest absolute Gasteiger partial charge is 0.164 e. The Morgan fingerprint density at radius 1 is 0.340 bits per heavy atom. The van der Waals surface area contributed by atoms with Crippen LogP contribution >= 0.6 is 0 Å². The fourth-order valence-electron chi connectivity index (χ4n) is 8.03. The lowest BCUT2D eigenvalue weighted by Gasteiger charge is -2.19. The molecular weight excluding hydrogens is 659 g/mol. The van der Waals surface area contributed by atoms with Crippen LogP contribution in [-0.2, 0) is 0 Å². The van der Waals surface area contributed by atoms with Gasteiger partial charge in [-0.25, -0.2) is 15.0 Å². The number of fused-ring (bicyclic) bond motifs is 6. The van der Waals surface area contributed by atoms with E-state index in [0.717, 1.165) is 27.8 Å². The highest BCUT2D eigenvalue weighted by Gasteiger charge is 2.38. The van der Waals surface area contributed by atoms with Gasteiger partial charge in [0.25, 0.3) is 0 Å². The van der Waals surface area contributed by atoms with E-state index in [1.54, 1.807) is 0 Å². The van der Waals surface area contributed by atoms with Crippen molar-refractivity contribution in [2.75, 3.05) is 0 Å². The highest BCUT2D eigenvalue weighted by atomic mass is 28.3. The highest BCUT2D eigenvalue weighted by molar-refractivity contribution is 7.04. The van der Waals surface area contributed by atoms with E-state index in [9.17, 15) is 0 Å². The van der Waals surface area contributed by atoms with Crippen molar-refractivity contribution < 1.29 is 0 Å². The van der Waals surface area contributed by atoms with Gasteiger partial charge in [-0.3, -0.25) is 0 Å². The lowest BCUT2D eigenvalue weighted by molar-refractivity contribution is 1.07. The standard InChI is InChI=1S/C49H35N3Si/c1-53(2)44-29-27-36-13-8-9-15-42(36)46(44)43-28-26-41(31-45(43)53)49-51-47(37-21-16-34(17-22-37)32-10-4-3-5-11-32)50-48(52-49)38-23-18-35(19-24-38)40-25-20-33-12-6-7-14-39(33)30-40/h3-31H,1-2H3. The molecule has 9 aromatic rings. The van der Waals surface area contributed by atoms with E-state index in [-0.39, 0.29) is 0 Å². The third-order valence-electron chi connectivity index (χ3n) is 10.9. The molecule has 3 nitrogen and oxygen atoms in total. The highest BCUT2D eigenvalue weighted by Crippen LogP contribution is 2.36. The zero-order valence-electron chi connectivity index (χ0n) is 29.6. The van der Waals surface area contributed by atoms with Crippen LogP contribution in [0.5, 0.6) is 0 Å². The predicted molar refractivity (Wildman–Crippen MR) is 224 cm³/mol. The van der Waals surface area contributed by atoms with Gasteiger partial charge in [0.15, 0.2) is 17.5 Å². The summed E-state index contributed by atoms with van der Waals surface area (Å²) in [6.45, 7) is 4.93. The number of benzene rings is 8. The first kappa shape index (κ1) is 31.3. The molecule has 53 heavy (non-hydrogen) atoms. The Bertz CT molecular complexity index is 2840. The number of nitrogens with zero attached hydrogens (tertiary/aromatic N) is 3. The van der Waals surface area contributed by atoms with Crippen molar-refractivity contribution in [3.05, 3.63) is 176 Å². The van der Waals surface area contributed by atoms with Crippen molar-refractivity contribution in [2.45, 2.75) is 13.1 Å². The summed E-state index contributed by atoms with van der Waals surface area (Å²) in [5.74, 6) is 2.01. The maximum atomic E-state index is 5.17. The van der Waals surface area contributed by atoms with Crippen molar-refractivity contribution in [3.8, 4) is 67.5 Å². The third kappa shape index (κ3) is 5.38. The van der Waals surface area contributed by atoms with Crippen molar-refractivity contribution in [1.82, 2.24) is 15.0 Å². The Morgan fingerprint density at radius 3 is 1.53 bits per heavy atom. The fourth-order valence-corrected chi connectivity index (χ4v) is 11.1. The van der Waals surface area contributed by atoms with Crippen LogP contribution in [0.15, 0.2) is 176 Å². The normalized spacial score (nSPS) is 12.9. The molecule has 0 aliphatic carbocycles. The summed E-state index contributed by atoms with van der Waals surface area (Å²) >= 11 is 0. The lowest BCUT2D eigenvalue weighted by Crippen LogP contribution is -2.49. The molecular formula is C49H35N3Si. The zero-order valence-corrected chi connectivity index (χ0v) is 30.6. The molecule has 10 rings (SSSR count). The van der Waals surface area contributed by atoms with Crippen molar-refractivity contribution in [2.24, 2.45) is 0 Å². The van der Waals surface area contributed by atoms with E-state index in [0.29, 0.717) is 17.5 Å². The lowest BCUT2D eigenvalue weighted by atomic mass is 9.97. The van der Waals surface area contributed by atoms with Gasteiger partial charge in [0.2, 0.25) is 0 Å². The Kier molecular flexibility index (Phi) is 7.27. The van der Waals surface area contributed by atoms with Gasteiger partial charge in [0.1, 0.15) is 8.07 Å². The summed E-state index contributed by atoms with van der Waals surface area (Å²) < 4.78 is 0. The van der Waals surface area contributed by atoms with Crippen molar-refractivity contribution in [3.63, 3.8) is 0 Å². The molecule has 1 aliphatic rings. The topological polar surface area (TPSA) is 38.7 Å². The van der Waals surface area contributed by atoms with E-state index in [1.165, 1.54) is 54.2 Å². The van der Waals surface area contributed by atoms with Crippen LogP contribution in [-0.4, -0.2) is 23.0 Å². The monoisotopic (exact) mass is 693 g/mol. The summed E-state index contributed by atoms with van der Waals surface area (Å²) in [5.41, 5.74) is 10.3. The molecule has 250 valence electrons. The quantitative estimate of drug-likeness (QED) is 0.168. The first-order chi connectivity index (χ1) is 26.0. The van der Waals surface area contributed by atoms with Crippen LogP contribution in [0.25, 0.3) is 89.1 Å². The van der Waals surface area contributed by atoms with Crippen LogP contribution in [0.2, 0.25) is 13.1 Å². The Labute approximate surface area is 310 Å². The molecule has 0 fully saturated rings. The summed E-state index contributed by atoms with van der Waals surface area (Å²) in [6.07, 6.45) is 0. The Balaban J connectivity index is 1.09. The van der Waals surface area contributed by atoms with E-state index >= 15 is 0 Å². The van der Waals surface area contributed by atoms with Crippen LogP contribution in [0.1, 0.15) is 0 Å². The molecule has 0 saturated carbocycles. The van der Waals surface area contributed by atoms with Gasteiger partial charge in [-0.2, -0.15) is 0 Å². The van der Waals surface area contributed by atoms with Crippen LogP contribution in [0.3, 0.4) is 0 Å². The predicted octanol–water partition coefficient (Wildman–Crippen LogP) is 11.3. The average molecular weight is 694 g/mol. The molecule has 4 heteroatoms. The second-order valence-electron chi connectivity index (χ2n) is 14.5. The Hall–Kier alpha value is -6.49. The molecule has 0 spiro atoms. The van der Waals surface area contributed by atoms with Gasteiger partial charge < -0.3 is 0 Å². The number of aromatic nitrogens is 3. The fraction of sp³-hybridized carbons (Fsp3) is 0.0408. The summed E-state index contributed by atoms with van der Waals surface area (Å²) in [5, 5.41) is 8.00. The van der Waals surface area contributed by atoms with Gasteiger partial charge >= 0.3 is 0 Å². The molecule has 0 unspecified atom stereocenters. The van der Waals surface area contributed by atoms with E-state index in [4.69, 9.17) is 15.0 Å². The van der Waals surface area contributed by atoms with Gasteiger partial charge in [-0.05, 0) is 71.4 Å². The van der Waals surface area contributed by atoms with E-state index in [1.807, 2.05) is 6.07 Å². The third-order valence-corrected chi connectivity index (χ3v) is 14.5. The summed E-state index contributed by atoms with van der Waals surface area (Å²) in [7, 11) is -1.98. The first-order valence-electron chi connectivity index (χ1n) is 18.2. The molecule has 0 N–H and O–H groups in total. The summed E-state index contributed by atoms with van der Waals surface area (Å²) in [6, 6.07) is 63.0. The van der Waals surface area contributed by atoms with Crippen LogP contribution in [0.4, 0.5) is 0 Å². The largest absolute Gasteiger partial charge is 0.208 e. The molecule has 0 saturated heterocycles. The molecule has 0 atom stereocenters. The summed E-state index contributed by atoms with van der Waals surface area (Å²) in [4.78, 5) is 15.4. The molecule has 1 aromatic heterocycles. The maximum Gasteiger partial charge on any atom is 0.164 e. The average Bonchev–Trinajstić information content (AvgIpc) is 3.46. The van der Waals surface area contributed by atoms with Crippen molar-refractivity contribution >= 4 is 40.0 Å². The number of rotatable bonds is 5. The number of hydrogen-bond donors (Lipinski definition) is 0. The van der Waals surface area contributed by atoms with Crippen molar-refractivity contribution in [1.29, 1.82) is 0 Å². The Morgan fingerprint density at radius 2 is 0.830 bits per heavy atom. The van der Waals surface area contributed by atoms with Gasteiger partial charge in [0, 0.05) is 16.7 Å². The second kappa shape index (κ2) is 12.3. The van der Waals surface area contributed by atoms with Gasteiger partial charge in [-0.15, -0.1) is 0 Å². The zero-order chi connectivity index (χ0) is 35.5. The van der Waals surface area contributed by atoms with Gasteiger partial charge in [-0.1, -0.05) is 183 Å². The molecule has 8 aromatic carbocycles. The second-order valence-corrected chi connectivity index (χ2v) is 18.8. The van der Waals surface area contributed by atoms with Crippen LogP contribution in [0, 0.1) is 0 Å². The molecule has 1 aliphatic heterocycles. The minimum absolute atomic E-state index is 0.661. The molecule has 0 radical (unpaired) electrons.